The Morgan fingerprint density at radius 3 is 2.57 bits per heavy atom. The minimum absolute atomic E-state index is 0.132. The first-order valence-electron chi connectivity index (χ1n) is 8.98. The van der Waals surface area contributed by atoms with Crippen LogP contribution in [0.25, 0.3) is 0 Å². The lowest BCUT2D eigenvalue weighted by Gasteiger charge is -2.08. The molecule has 0 aliphatic carbocycles. The fraction of sp³-hybridized carbons (Fsp3) is 0.200. The normalized spacial score (nSPS) is 10.3. The van der Waals surface area contributed by atoms with Crippen molar-refractivity contribution in [1.29, 1.82) is 0 Å². The smallest absolute Gasteiger partial charge is 0.251 e. The first-order valence-corrected chi connectivity index (χ1v) is 9.97. The number of anilines is 1. The average molecular weight is 427 g/mol. The van der Waals surface area contributed by atoms with E-state index in [1.807, 2.05) is 12.1 Å². The molecule has 0 fully saturated rings. The number of rotatable bonds is 9. The zero-order chi connectivity index (χ0) is 21.3. The molecule has 2 aromatic carbocycles. The molecule has 3 N–H and O–H groups in total. The summed E-state index contributed by atoms with van der Waals surface area (Å²) >= 11 is 1.18. The largest absolute Gasteiger partial charge is 0.497 e. The van der Waals surface area contributed by atoms with E-state index in [-0.39, 0.29) is 24.1 Å². The van der Waals surface area contributed by atoms with Crippen LogP contribution in [-0.4, -0.2) is 47.0 Å². The van der Waals surface area contributed by atoms with Gasteiger partial charge in [-0.05, 0) is 36.4 Å². The summed E-state index contributed by atoms with van der Waals surface area (Å²) in [5.41, 5.74) is 1.11. The van der Waals surface area contributed by atoms with E-state index in [0.717, 1.165) is 0 Å². The molecule has 30 heavy (non-hydrogen) atoms. The average Bonchev–Trinajstić information content (AvgIpc) is 3.24. The second-order valence-electron chi connectivity index (χ2n) is 6.01. The van der Waals surface area contributed by atoms with Gasteiger partial charge in [0.1, 0.15) is 17.3 Å². The lowest BCUT2D eigenvalue weighted by atomic mass is 10.2. The standard InChI is InChI=1S/C20H21N5O4S/c1-28-14-9-7-13(8-10-14)19(27)21-11-17-23-20(25-24-17)30-12-18(26)22-15-5-3-4-6-16(15)29-2/h3-10H,11-12H2,1-2H3,(H,21,27)(H,22,26)(H,23,24,25). The second kappa shape index (κ2) is 10.3. The Balaban J connectivity index is 1.46. The number of carbonyl (C=O) groups excluding carboxylic acids is 2. The van der Waals surface area contributed by atoms with E-state index in [1.54, 1.807) is 50.6 Å². The highest BCUT2D eigenvalue weighted by molar-refractivity contribution is 7.99. The van der Waals surface area contributed by atoms with Gasteiger partial charge in [0.15, 0.2) is 0 Å². The number of H-pyrrole nitrogens is 1. The number of nitrogens with one attached hydrogen (secondary N) is 3. The van der Waals surface area contributed by atoms with E-state index in [4.69, 9.17) is 9.47 Å². The molecule has 1 aromatic heterocycles. The topological polar surface area (TPSA) is 118 Å². The monoisotopic (exact) mass is 427 g/mol. The highest BCUT2D eigenvalue weighted by Gasteiger charge is 2.11. The predicted octanol–water partition coefficient (Wildman–Crippen LogP) is 2.48. The number of aromatic nitrogens is 3. The van der Waals surface area contributed by atoms with E-state index in [0.29, 0.717) is 33.7 Å². The van der Waals surface area contributed by atoms with Crippen molar-refractivity contribution in [3.63, 3.8) is 0 Å². The molecule has 0 atom stereocenters. The van der Waals surface area contributed by atoms with Crippen molar-refractivity contribution < 1.29 is 19.1 Å². The van der Waals surface area contributed by atoms with Crippen molar-refractivity contribution in [3.8, 4) is 11.5 Å². The number of amides is 2. The van der Waals surface area contributed by atoms with Crippen LogP contribution in [0, 0.1) is 0 Å². The third kappa shape index (κ3) is 5.74. The first-order chi connectivity index (χ1) is 14.6. The number of nitrogens with zero attached hydrogens (tertiary/aromatic N) is 2. The number of carbonyl (C=O) groups is 2. The maximum Gasteiger partial charge on any atom is 0.251 e. The van der Waals surface area contributed by atoms with Gasteiger partial charge in [-0.3, -0.25) is 14.7 Å². The summed E-state index contributed by atoms with van der Waals surface area (Å²) in [6, 6.07) is 14.0. The molecule has 2 amide bonds. The maximum absolute atomic E-state index is 12.2. The number of hydrogen-bond donors (Lipinski definition) is 3. The Hall–Kier alpha value is -3.53. The van der Waals surface area contributed by atoms with Crippen LogP contribution in [-0.2, 0) is 11.3 Å². The van der Waals surface area contributed by atoms with Gasteiger partial charge in [0, 0.05) is 5.56 Å². The third-order valence-electron chi connectivity index (χ3n) is 3.99. The fourth-order valence-corrected chi connectivity index (χ4v) is 3.11. The molecule has 3 aromatic rings. The number of hydrogen-bond acceptors (Lipinski definition) is 7. The minimum Gasteiger partial charge on any atom is -0.497 e. The Bertz CT molecular complexity index is 1010. The molecular formula is C20H21N5O4S. The molecule has 0 saturated carbocycles. The SMILES string of the molecule is COc1ccc(C(=O)NCc2nc(SCC(=O)Nc3ccccc3OC)n[nH]2)cc1. The van der Waals surface area contributed by atoms with Crippen LogP contribution < -0.4 is 20.1 Å². The molecule has 156 valence electrons. The van der Waals surface area contributed by atoms with E-state index in [9.17, 15) is 9.59 Å². The lowest BCUT2D eigenvalue weighted by Crippen LogP contribution is -2.23. The summed E-state index contributed by atoms with van der Waals surface area (Å²) in [5, 5.41) is 12.8. The van der Waals surface area contributed by atoms with Crippen LogP contribution >= 0.6 is 11.8 Å². The van der Waals surface area contributed by atoms with E-state index in [2.05, 4.69) is 25.8 Å². The molecule has 1 heterocycles. The first kappa shape index (κ1) is 21.2. The van der Waals surface area contributed by atoms with Crippen molar-refractivity contribution in [2.45, 2.75) is 11.7 Å². The van der Waals surface area contributed by atoms with Gasteiger partial charge in [0.25, 0.3) is 5.91 Å². The Morgan fingerprint density at radius 2 is 1.83 bits per heavy atom. The quantitative estimate of drug-likeness (QED) is 0.449. The maximum atomic E-state index is 12.2. The summed E-state index contributed by atoms with van der Waals surface area (Å²) in [5.74, 6) is 1.45. The summed E-state index contributed by atoms with van der Waals surface area (Å²) in [6.45, 7) is 0.186. The van der Waals surface area contributed by atoms with Crippen molar-refractivity contribution >= 4 is 29.3 Å². The molecule has 0 bridgehead atoms. The van der Waals surface area contributed by atoms with Gasteiger partial charge in [-0.1, -0.05) is 23.9 Å². The number of thioether (sulfide) groups is 1. The number of para-hydroxylation sites is 2. The summed E-state index contributed by atoms with van der Waals surface area (Å²) < 4.78 is 10.3. The zero-order valence-electron chi connectivity index (χ0n) is 16.5. The second-order valence-corrected chi connectivity index (χ2v) is 6.96. The van der Waals surface area contributed by atoms with Crippen molar-refractivity contribution in [1.82, 2.24) is 20.5 Å². The molecule has 9 nitrogen and oxygen atoms in total. The predicted molar refractivity (Wildman–Crippen MR) is 113 cm³/mol. The Labute approximate surface area is 177 Å². The van der Waals surface area contributed by atoms with Gasteiger partial charge >= 0.3 is 0 Å². The molecule has 0 radical (unpaired) electrons. The molecule has 3 rings (SSSR count). The van der Waals surface area contributed by atoms with Crippen molar-refractivity contribution in [3.05, 3.63) is 59.9 Å². The van der Waals surface area contributed by atoms with Gasteiger partial charge in [-0.15, -0.1) is 5.10 Å². The van der Waals surface area contributed by atoms with Crippen LogP contribution in [0.4, 0.5) is 5.69 Å². The van der Waals surface area contributed by atoms with Crippen LogP contribution in [0.15, 0.2) is 53.7 Å². The molecule has 0 spiro atoms. The van der Waals surface area contributed by atoms with Crippen LogP contribution in [0.5, 0.6) is 11.5 Å². The Kier molecular flexibility index (Phi) is 7.28. The molecule has 10 heteroatoms. The fourth-order valence-electron chi connectivity index (χ4n) is 2.49. The van der Waals surface area contributed by atoms with Crippen molar-refractivity contribution in [2.75, 3.05) is 25.3 Å². The third-order valence-corrected chi connectivity index (χ3v) is 4.84. The van der Waals surface area contributed by atoms with Gasteiger partial charge in [-0.25, -0.2) is 4.98 Å². The van der Waals surface area contributed by atoms with Crippen LogP contribution in [0.3, 0.4) is 0 Å². The van der Waals surface area contributed by atoms with Gasteiger partial charge in [0.05, 0.1) is 32.2 Å². The van der Waals surface area contributed by atoms with Crippen LogP contribution in [0.1, 0.15) is 16.2 Å². The molecule has 0 aliphatic rings. The summed E-state index contributed by atoms with van der Waals surface area (Å²) in [7, 11) is 3.11. The highest BCUT2D eigenvalue weighted by Crippen LogP contribution is 2.23. The number of aromatic amines is 1. The van der Waals surface area contributed by atoms with Gasteiger partial charge < -0.3 is 20.1 Å². The molecule has 0 aliphatic heterocycles. The highest BCUT2D eigenvalue weighted by atomic mass is 32.2. The van der Waals surface area contributed by atoms with E-state index < -0.39 is 0 Å². The number of ether oxygens (including phenoxy) is 2. The Morgan fingerprint density at radius 1 is 1.07 bits per heavy atom. The van der Waals surface area contributed by atoms with E-state index >= 15 is 0 Å². The zero-order valence-corrected chi connectivity index (χ0v) is 17.3. The van der Waals surface area contributed by atoms with E-state index in [1.165, 1.54) is 11.8 Å². The number of benzene rings is 2. The molecule has 0 unspecified atom stereocenters. The van der Waals surface area contributed by atoms with Crippen LogP contribution in [0.2, 0.25) is 0 Å². The number of methoxy groups -OCH3 is 2. The van der Waals surface area contributed by atoms with Gasteiger partial charge in [-0.2, -0.15) is 0 Å². The summed E-state index contributed by atoms with van der Waals surface area (Å²) in [6.07, 6.45) is 0. The minimum atomic E-state index is -0.237. The molecule has 0 saturated heterocycles. The van der Waals surface area contributed by atoms with Gasteiger partial charge in [0.2, 0.25) is 11.1 Å². The summed E-state index contributed by atoms with van der Waals surface area (Å²) in [4.78, 5) is 28.6. The van der Waals surface area contributed by atoms with Crippen molar-refractivity contribution in [2.24, 2.45) is 0 Å². The lowest BCUT2D eigenvalue weighted by molar-refractivity contribution is -0.113. The molecular weight excluding hydrogens is 406 g/mol.